The van der Waals surface area contributed by atoms with Crippen LogP contribution in [0.3, 0.4) is 0 Å². The lowest BCUT2D eigenvalue weighted by Gasteiger charge is -2.08. The fourth-order valence-electron chi connectivity index (χ4n) is 1.20. The van der Waals surface area contributed by atoms with E-state index in [4.69, 9.17) is 10.5 Å². The Kier molecular flexibility index (Phi) is 4.27. The van der Waals surface area contributed by atoms with Crippen LogP contribution < -0.4 is 11.1 Å². The Morgan fingerprint density at radius 2 is 2.07 bits per heavy atom. The summed E-state index contributed by atoms with van der Waals surface area (Å²) in [7, 11) is 1.48. The van der Waals surface area contributed by atoms with Crippen LogP contribution in [0.25, 0.3) is 0 Å². The van der Waals surface area contributed by atoms with Crippen LogP contribution in [0.1, 0.15) is 18.5 Å². The second-order valence-corrected chi connectivity index (χ2v) is 3.39. The fraction of sp³-hybridized carbons (Fsp3) is 0.364. The Morgan fingerprint density at radius 1 is 1.47 bits per heavy atom. The summed E-state index contributed by atoms with van der Waals surface area (Å²) in [6, 6.07) is 7.45. The van der Waals surface area contributed by atoms with Gasteiger partial charge in [-0.3, -0.25) is 4.79 Å². The molecular weight excluding hydrogens is 192 g/mol. The molecule has 1 amide bonds. The molecule has 1 atom stereocenters. The number of methoxy groups -OCH3 is 1. The number of rotatable bonds is 4. The van der Waals surface area contributed by atoms with Crippen LogP contribution in [0.15, 0.2) is 24.3 Å². The van der Waals surface area contributed by atoms with Crippen molar-refractivity contribution in [3.8, 4) is 0 Å². The number of hydrogen-bond acceptors (Lipinski definition) is 3. The molecule has 0 saturated heterocycles. The highest BCUT2D eigenvalue weighted by atomic mass is 16.5. The molecule has 0 saturated carbocycles. The minimum Gasteiger partial charge on any atom is -0.375 e. The Morgan fingerprint density at radius 3 is 2.53 bits per heavy atom. The Hall–Kier alpha value is -1.39. The van der Waals surface area contributed by atoms with Crippen LogP contribution in [-0.4, -0.2) is 19.6 Å². The first kappa shape index (κ1) is 11.7. The highest BCUT2D eigenvalue weighted by Crippen LogP contribution is 2.13. The van der Waals surface area contributed by atoms with Crippen LogP contribution in [0.4, 0.5) is 5.69 Å². The van der Waals surface area contributed by atoms with Crippen molar-refractivity contribution in [2.24, 2.45) is 5.73 Å². The molecule has 0 fully saturated rings. The maximum absolute atomic E-state index is 11.2. The number of hydrogen-bond donors (Lipinski definition) is 2. The van der Waals surface area contributed by atoms with E-state index >= 15 is 0 Å². The molecule has 0 radical (unpaired) electrons. The summed E-state index contributed by atoms with van der Waals surface area (Å²) in [5.41, 5.74) is 7.50. The van der Waals surface area contributed by atoms with Crippen molar-refractivity contribution in [1.82, 2.24) is 0 Å². The molecular formula is C11H16N2O2. The van der Waals surface area contributed by atoms with E-state index in [1.165, 1.54) is 7.11 Å². The summed E-state index contributed by atoms with van der Waals surface area (Å²) < 4.78 is 4.71. The number of ether oxygens (including phenoxy) is 1. The third kappa shape index (κ3) is 3.69. The second-order valence-electron chi connectivity index (χ2n) is 3.39. The monoisotopic (exact) mass is 208 g/mol. The van der Waals surface area contributed by atoms with Crippen molar-refractivity contribution in [3.63, 3.8) is 0 Å². The fourth-order valence-corrected chi connectivity index (χ4v) is 1.20. The van der Waals surface area contributed by atoms with Crippen molar-refractivity contribution >= 4 is 11.6 Å². The van der Waals surface area contributed by atoms with E-state index < -0.39 is 0 Å². The third-order valence-corrected chi connectivity index (χ3v) is 2.00. The average molecular weight is 208 g/mol. The van der Waals surface area contributed by atoms with Gasteiger partial charge in [0, 0.05) is 18.8 Å². The van der Waals surface area contributed by atoms with E-state index in [2.05, 4.69) is 5.32 Å². The molecule has 1 unspecified atom stereocenters. The van der Waals surface area contributed by atoms with Crippen molar-refractivity contribution in [3.05, 3.63) is 29.8 Å². The van der Waals surface area contributed by atoms with E-state index in [0.29, 0.717) is 0 Å². The molecule has 0 heterocycles. The molecule has 0 bridgehead atoms. The van der Waals surface area contributed by atoms with Crippen molar-refractivity contribution < 1.29 is 9.53 Å². The zero-order valence-electron chi connectivity index (χ0n) is 8.99. The molecule has 4 heteroatoms. The van der Waals surface area contributed by atoms with Gasteiger partial charge in [-0.15, -0.1) is 0 Å². The molecule has 0 spiro atoms. The summed E-state index contributed by atoms with van der Waals surface area (Å²) in [6.45, 7) is 1.98. The zero-order valence-corrected chi connectivity index (χ0v) is 8.99. The van der Waals surface area contributed by atoms with Gasteiger partial charge in [0.1, 0.15) is 6.61 Å². The van der Waals surface area contributed by atoms with Gasteiger partial charge in [-0.05, 0) is 24.6 Å². The summed E-state index contributed by atoms with van der Waals surface area (Å²) in [5.74, 6) is -0.161. The standard InChI is InChI=1S/C11H16N2O2/c1-8(12)9-3-5-10(6-4-9)13-11(14)7-15-2/h3-6,8H,7,12H2,1-2H3,(H,13,14). The quantitative estimate of drug-likeness (QED) is 0.783. The zero-order chi connectivity index (χ0) is 11.3. The largest absolute Gasteiger partial charge is 0.375 e. The lowest BCUT2D eigenvalue weighted by Crippen LogP contribution is -2.17. The summed E-state index contributed by atoms with van der Waals surface area (Å²) >= 11 is 0. The number of carbonyl (C=O) groups excluding carboxylic acids is 1. The van der Waals surface area contributed by atoms with Gasteiger partial charge in [-0.1, -0.05) is 12.1 Å². The lowest BCUT2D eigenvalue weighted by atomic mass is 10.1. The topological polar surface area (TPSA) is 64.3 Å². The molecule has 1 aromatic carbocycles. The first-order chi connectivity index (χ1) is 7.13. The number of nitrogens with two attached hydrogens (primary N) is 1. The van der Waals surface area contributed by atoms with Crippen LogP contribution in [0, 0.1) is 0 Å². The van der Waals surface area contributed by atoms with E-state index in [1.807, 2.05) is 31.2 Å². The lowest BCUT2D eigenvalue weighted by molar-refractivity contribution is -0.119. The number of nitrogens with one attached hydrogen (secondary N) is 1. The molecule has 0 aliphatic rings. The number of benzene rings is 1. The maximum atomic E-state index is 11.2. The highest BCUT2D eigenvalue weighted by Gasteiger charge is 2.02. The molecule has 0 aliphatic heterocycles. The summed E-state index contributed by atoms with van der Waals surface area (Å²) in [4.78, 5) is 11.2. The van der Waals surface area contributed by atoms with Crippen molar-refractivity contribution in [1.29, 1.82) is 0 Å². The van der Waals surface area contributed by atoms with Gasteiger partial charge in [0.25, 0.3) is 0 Å². The molecule has 82 valence electrons. The van der Waals surface area contributed by atoms with Gasteiger partial charge >= 0.3 is 0 Å². The Labute approximate surface area is 89.4 Å². The molecule has 1 rings (SSSR count). The SMILES string of the molecule is COCC(=O)Nc1ccc(C(C)N)cc1. The minimum atomic E-state index is -0.161. The highest BCUT2D eigenvalue weighted by molar-refractivity contribution is 5.91. The predicted octanol–water partition coefficient (Wildman–Crippen LogP) is 1.29. The van der Waals surface area contributed by atoms with Gasteiger partial charge in [0.15, 0.2) is 0 Å². The Balaban J connectivity index is 2.60. The molecule has 0 aliphatic carbocycles. The molecule has 0 aromatic heterocycles. The van der Waals surface area contributed by atoms with Gasteiger partial charge in [0.2, 0.25) is 5.91 Å². The minimum absolute atomic E-state index is 0.00808. The molecule has 3 N–H and O–H groups in total. The molecule has 4 nitrogen and oxygen atoms in total. The summed E-state index contributed by atoms with van der Waals surface area (Å²) in [6.07, 6.45) is 0. The van der Waals surface area contributed by atoms with Crippen molar-refractivity contribution in [2.45, 2.75) is 13.0 Å². The second kappa shape index (κ2) is 5.48. The van der Waals surface area contributed by atoms with Gasteiger partial charge in [-0.2, -0.15) is 0 Å². The third-order valence-electron chi connectivity index (χ3n) is 2.00. The van der Waals surface area contributed by atoms with E-state index in [-0.39, 0.29) is 18.6 Å². The van der Waals surface area contributed by atoms with Gasteiger partial charge in [0.05, 0.1) is 0 Å². The number of carbonyl (C=O) groups is 1. The smallest absolute Gasteiger partial charge is 0.250 e. The molecule has 1 aromatic rings. The van der Waals surface area contributed by atoms with E-state index in [0.717, 1.165) is 11.3 Å². The van der Waals surface area contributed by atoms with Gasteiger partial charge < -0.3 is 15.8 Å². The number of amides is 1. The first-order valence-electron chi connectivity index (χ1n) is 4.78. The summed E-state index contributed by atoms with van der Waals surface area (Å²) in [5, 5.41) is 2.70. The molecule has 15 heavy (non-hydrogen) atoms. The predicted molar refractivity (Wildman–Crippen MR) is 59.6 cm³/mol. The van der Waals surface area contributed by atoms with Crippen molar-refractivity contribution in [2.75, 3.05) is 19.0 Å². The van der Waals surface area contributed by atoms with Crippen LogP contribution in [0.2, 0.25) is 0 Å². The van der Waals surface area contributed by atoms with Crippen LogP contribution in [-0.2, 0) is 9.53 Å². The van der Waals surface area contributed by atoms with Gasteiger partial charge in [-0.25, -0.2) is 0 Å². The van der Waals surface area contributed by atoms with E-state index in [9.17, 15) is 4.79 Å². The maximum Gasteiger partial charge on any atom is 0.250 e. The van der Waals surface area contributed by atoms with Crippen LogP contribution >= 0.6 is 0 Å². The Bertz CT molecular complexity index is 320. The first-order valence-corrected chi connectivity index (χ1v) is 4.78. The van der Waals surface area contributed by atoms with E-state index in [1.54, 1.807) is 0 Å². The number of anilines is 1. The average Bonchev–Trinajstić information content (AvgIpc) is 2.18. The van der Waals surface area contributed by atoms with Crippen LogP contribution in [0.5, 0.6) is 0 Å². The normalized spacial score (nSPS) is 12.2.